The van der Waals surface area contributed by atoms with Crippen molar-refractivity contribution in [1.82, 2.24) is 14.9 Å². The third-order valence-electron chi connectivity index (χ3n) is 4.67. The molecule has 3 N–H and O–H groups in total. The minimum absolute atomic E-state index is 0. The molecule has 1 aliphatic heterocycles. The highest BCUT2D eigenvalue weighted by Gasteiger charge is 2.21. The summed E-state index contributed by atoms with van der Waals surface area (Å²) < 4.78 is 7.79. The molecule has 0 bridgehead atoms. The highest BCUT2D eigenvalue weighted by molar-refractivity contribution is 14.0. The number of nitrogens with one attached hydrogen (secondary N) is 1. The van der Waals surface area contributed by atoms with Gasteiger partial charge in [-0.25, -0.2) is 9.98 Å². The molecule has 2 aromatic carbocycles. The average molecular weight is 489 g/mol. The van der Waals surface area contributed by atoms with Gasteiger partial charge in [-0.15, -0.1) is 24.0 Å². The van der Waals surface area contributed by atoms with Gasteiger partial charge in [-0.2, -0.15) is 0 Å². The SMILES string of the molecule is I.NC(=NCc1nccn1Cc1ccccc1)NC1CCOc2ccccc21. The Morgan fingerprint density at radius 2 is 1.96 bits per heavy atom. The summed E-state index contributed by atoms with van der Waals surface area (Å²) in [4.78, 5) is 8.91. The van der Waals surface area contributed by atoms with E-state index >= 15 is 0 Å². The van der Waals surface area contributed by atoms with Gasteiger partial charge in [-0.3, -0.25) is 0 Å². The van der Waals surface area contributed by atoms with Crippen LogP contribution in [0.25, 0.3) is 0 Å². The molecule has 0 saturated carbocycles. The summed E-state index contributed by atoms with van der Waals surface area (Å²) in [5.74, 6) is 2.22. The smallest absolute Gasteiger partial charge is 0.189 e. The molecule has 4 rings (SSSR count). The van der Waals surface area contributed by atoms with Crippen LogP contribution >= 0.6 is 24.0 Å². The largest absolute Gasteiger partial charge is 0.493 e. The first-order chi connectivity index (χ1) is 13.3. The molecule has 2 heterocycles. The molecule has 1 aliphatic rings. The molecular formula is C21H24IN5O. The second kappa shape index (κ2) is 9.59. The Morgan fingerprint density at radius 1 is 1.18 bits per heavy atom. The van der Waals surface area contributed by atoms with Gasteiger partial charge in [0, 0.05) is 30.9 Å². The second-order valence-corrected chi connectivity index (χ2v) is 6.53. The van der Waals surface area contributed by atoms with Gasteiger partial charge < -0.3 is 20.4 Å². The number of halogens is 1. The van der Waals surface area contributed by atoms with E-state index in [4.69, 9.17) is 10.5 Å². The topological polar surface area (TPSA) is 77.5 Å². The predicted octanol–water partition coefficient (Wildman–Crippen LogP) is 3.48. The molecule has 146 valence electrons. The maximum atomic E-state index is 6.14. The lowest BCUT2D eigenvalue weighted by molar-refractivity contribution is 0.262. The molecule has 0 spiro atoms. The van der Waals surface area contributed by atoms with Gasteiger partial charge in [0.15, 0.2) is 5.96 Å². The fraction of sp³-hybridized carbons (Fsp3) is 0.238. The van der Waals surface area contributed by atoms with Crippen LogP contribution in [0.15, 0.2) is 72.0 Å². The molecule has 1 aromatic heterocycles. The van der Waals surface area contributed by atoms with Crippen molar-refractivity contribution < 1.29 is 4.74 Å². The van der Waals surface area contributed by atoms with Crippen molar-refractivity contribution in [2.75, 3.05) is 6.61 Å². The highest BCUT2D eigenvalue weighted by atomic mass is 127. The molecule has 6 nitrogen and oxygen atoms in total. The fourth-order valence-corrected chi connectivity index (χ4v) is 3.29. The lowest BCUT2D eigenvalue weighted by Gasteiger charge is -2.26. The van der Waals surface area contributed by atoms with Gasteiger partial charge in [0.25, 0.3) is 0 Å². The van der Waals surface area contributed by atoms with Crippen molar-refractivity contribution in [2.24, 2.45) is 10.7 Å². The first kappa shape index (κ1) is 20.2. The Morgan fingerprint density at radius 3 is 2.82 bits per heavy atom. The van der Waals surface area contributed by atoms with E-state index < -0.39 is 0 Å². The summed E-state index contributed by atoms with van der Waals surface area (Å²) in [7, 11) is 0. The number of ether oxygens (including phenoxy) is 1. The predicted molar refractivity (Wildman–Crippen MR) is 121 cm³/mol. The Hall–Kier alpha value is -2.55. The van der Waals surface area contributed by atoms with Crippen LogP contribution in [-0.4, -0.2) is 22.1 Å². The van der Waals surface area contributed by atoms with Crippen molar-refractivity contribution in [2.45, 2.75) is 25.6 Å². The molecule has 7 heteroatoms. The van der Waals surface area contributed by atoms with Crippen LogP contribution in [0.3, 0.4) is 0 Å². The number of benzene rings is 2. The van der Waals surface area contributed by atoms with Crippen molar-refractivity contribution in [3.63, 3.8) is 0 Å². The minimum atomic E-state index is 0. The van der Waals surface area contributed by atoms with Crippen LogP contribution in [0.2, 0.25) is 0 Å². The van der Waals surface area contributed by atoms with Gasteiger partial charge in [-0.05, 0) is 11.6 Å². The van der Waals surface area contributed by atoms with E-state index in [0.29, 0.717) is 19.1 Å². The number of hydrogen-bond acceptors (Lipinski definition) is 3. The van der Waals surface area contributed by atoms with Crippen LogP contribution in [0.4, 0.5) is 0 Å². The highest BCUT2D eigenvalue weighted by Crippen LogP contribution is 2.31. The zero-order valence-electron chi connectivity index (χ0n) is 15.5. The minimum Gasteiger partial charge on any atom is -0.493 e. The van der Waals surface area contributed by atoms with E-state index in [1.807, 2.05) is 42.6 Å². The van der Waals surface area contributed by atoms with E-state index in [1.54, 1.807) is 6.20 Å². The average Bonchev–Trinajstić information content (AvgIpc) is 3.14. The molecule has 0 aliphatic carbocycles. The van der Waals surface area contributed by atoms with Crippen LogP contribution < -0.4 is 15.8 Å². The monoisotopic (exact) mass is 489 g/mol. The van der Waals surface area contributed by atoms with Crippen LogP contribution in [-0.2, 0) is 13.1 Å². The van der Waals surface area contributed by atoms with Crippen LogP contribution in [0, 0.1) is 0 Å². The Balaban J connectivity index is 0.00000225. The molecule has 1 unspecified atom stereocenters. The zero-order valence-corrected chi connectivity index (χ0v) is 17.8. The normalized spacial score (nSPS) is 15.9. The second-order valence-electron chi connectivity index (χ2n) is 6.53. The van der Waals surface area contributed by atoms with Crippen molar-refractivity contribution in [1.29, 1.82) is 0 Å². The number of imidazole rings is 1. The van der Waals surface area contributed by atoms with E-state index in [2.05, 4.69) is 38.1 Å². The maximum absolute atomic E-state index is 6.14. The Kier molecular flexibility index (Phi) is 6.91. The number of para-hydroxylation sites is 1. The molecule has 1 atom stereocenters. The van der Waals surface area contributed by atoms with Gasteiger partial charge in [0.05, 0.1) is 12.6 Å². The summed E-state index contributed by atoms with van der Waals surface area (Å²) in [5.41, 5.74) is 8.49. The summed E-state index contributed by atoms with van der Waals surface area (Å²) in [6.07, 6.45) is 4.62. The molecular weight excluding hydrogens is 465 g/mol. The molecule has 3 aromatic rings. The van der Waals surface area contributed by atoms with Gasteiger partial charge in [0.1, 0.15) is 18.1 Å². The first-order valence-electron chi connectivity index (χ1n) is 9.12. The van der Waals surface area contributed by atoms with E-state index in [-0.39, 0.29) is 30.0 Å². The third-order valence-corrected chi connectivity index (χ3v) is 4.67. The van der Waals surface area contributed by atoms with Crippen molar-refractivity contribution >= 4 is 29.9 Å². The van der Waals surface area contributed by atoms with Gasteiger partial charge >= 0.3 is 0 Å². The standard InChI is InChI=1S/C21H23N5O.HI/c22-21(25-18-10-13-27-19-9-5-4-8-17(18)19)24-14-20-23-11-12-26(20)15-16-6-2-1-3-7-16;/h1-9,11-12,18H,10,13-15H2,(H3,22,24,25);1H. The molecule has 0 radical (unpaired) electrons. The summed E-state index contributed by atoms with van der Waals surface area (Å²) in [5, 5.41) is 3.32. The number of rotatable bonds is 5. The number of aromatic nitrogens is 2. The van der Waals surface area contributed by atoms with Gasteiger partial charge in [-0.1, -0.05) is 48.5 Å². The number of fused-ring (bicyclic) bond motifs is 1. The Bertz CT molecular complexity index is 925. The molecule has 0 fully saturated rings. The van der Waals surface area contributed by atoms with E-state index in [9.17, 15) is 0 Å². The number of nitrogens with zero attached hydrogens (tertiary/aromatic N) is 3. The zero-order chi connectivity index (χ0) is 18.5. The number of guanidine groups is 1. The lowest BCUT2D eigenvalue weighted by atomic mass is 10.0. The lowest BCUT2D eigenvalue weighted by Crippen LogP contribution is -2.37. The fourth-order valence-electron chi connectivity index (χ4n) is 3.29. The number of aliphatic imine (C=N–C) groups is 1. The maximum Gasteiger partial charge on any atom is 0.189 e. The van der Waals surface area contributed by atoms with Crippen LogP contribution in [0.1, 0.15) is 29.4 Å². The van der Waals surface area contributed by atoms with Crippen molar-refractivity contribution in [3.8, 4) is 5.75 Å². The van der Waals surface area contributed by atoms with Gasteiger partial charge in [0.2, 0.25) is 0 Å². The van der Waals surface area contributed by atoms with Crippen molar-refractivity contribution in [3.05, 3.63) is 83.9 Å². The first-order valence-corrected chi connectivity index (χ1v) is 9.12. The summed E-state index contributed by atoms with van der Waals surface area (Å²) >= 11 is 0. The number of nitrogens with two attached hydrogens (primary N) is 1. The third kappa shape index (κ3) is 4.83. The molecule has 0 amide bonds. The Labute approximate surface area is 181 Å². The quantitative estimate of drug-likeness (QED) is 0.327. The summed E-state index contributed by atoms with van der Waals surface area (Å²) in [6, 6.07) is 18.4. The number of hydrogen-bond donors (Lipinski definition) is 2. The summed E-state index contributed by atoms with van der Waals surface area (Å²) in [6.45, 7) is 1.87. The van der Waals surface area contributed by atoms with Crippen LogP contribution in [0.5, 0.6) is 5.75 Å². The molecule has 28 heavy (non-hydrogen) atoms. The van der Waals surface area contributed by atoms with E-state index in [1.165, 1.54) is 5.56 Å². The molecule has 0 saturated heterocycles. The van der Waals surface area contributed by atoms with E-state index in [0.717, 1.165) is 30.1 Å².